The van der Waals surface area contributed by atoms with Crippen molar-refractivity contribution in [3.8, 4) is 5.75 Å². The highest BCUT2D eigenvalue weighted by atomic mass is 19.4. The van der Waals surface area contributed by atoms with Crippen molar-refractivity contribution in [3.05, 3.63) is 59.7 Å². The molecule has 0 heterocycles. The molecule has 0 fully saturated rings. The Balaban J connectivity index is 2.16. The van der Waals surface area contributed by atoms with Crippen molar-refractivity contribution in [3.63, 3.8) is 0 Å². The van der Waals surface area contributed by atoms with Gasteiger partial charge in [0.05, 0.1) is 5.69 Å². The Morgan fingerprint density at radius 3 is 2.41 bits per heavy atom. The second-order valence-electron chi connectivity index (χ2n) is 4.67. The number of carbonyl (C=O) groups excluding carboxylic acids is 1. The molecule has 2 aromatic carbocycles. The minimum atomic E-state index is -4.44. The monoisotopic (exact) mass is 309 g/mol. The number of rotatable bonds is 4. The second-order valence-corrected chi connectivity index (χ2v) is 4.67. The van der Waals surface area contributed by atoms with E-state index >= 15 is 0 Å². The van der Waals surface area contributed by atoms with Crippen molar-refractivity contribution >= 4 is 11.6 Å². The first-order chi connectivity index (χ1) is 10.4. The fraction of sp³-hybridized carbons (Fsp3) is 0.188. The van der Waals surface area contributed by atoms with Crippen LogP contribution in [-0.2, 0) is 0 Å². The molecule has 2 rings (SSSR count). The van der Waals surface area contributed by atoms with Gasteiger partial charge in [-0.05, 0) is 30.7 Å². The number of hydrogen-bond donors (Lipinski definition) is 1. The maximum Gasteiger partial charge on any atom is 0.422 e. The molecule has 2 aromatic rings. The molecule has 0 saturated carbocycles. The molecule has 0 spiro atoms. The predicted molar refractivity (Wildman–Crippen MR) is 77.1 cm³/mol. The van der Waals surface area contributed by atoms with E-state index in [1.807, 2.05) is 0 Å². The molecule has 0 aromatic heterocycles. The highest BCUT2D eigenvalue weighted by Gasteiger charge is 2.28. The van der Waals surface area contributed by atoms with Crippen LogP contribution in [0.25, 0.3) is 0 Å². The van der Waals surface area contributed by atoms with Crippen LogP contribution in [0.4, 0.5) is 18.9 Å². The number of carbonyl (C=O) groups is 1. The predicted octanol–water partition coefficient (Wildman–Crippen LogP) is 4.19. The fourth-order valence-electron chi connectivity index (χ4n) is 1.87. The summed E-state index contributed by atoms with van der Waals surface area (Å²) in [5.74, 6) is -0.428. The van der Waals surface area contributed by atoms with Crippen molar-refractivity contribution in [2.45, 2.75) is 13.1 Å². The normalized spacial score (nSPS) is 11.1. The molecule has 0 atom stereocenters. The van der Waals surface area contributed by atoms with E-state index in [4.69, 9.17) is 4.74 Å². The van der Waals surface area contributed by atoms with Crippen LogP contribution in [-0.4, -0.2) is 18.7 Å². The van der Waals surface area contributed by atoms with Gasteiger partial charge in [-0.3, -0.25) is 4.79 Å². The number of alkyl halides is 3. The van der Waals surface area contributed by atoms with Gasteiger partial charge in [0.25, 0.3) is 5.91 Å². The standard InChI is InChI=1S/C16H14F3NO2/c1-11-6-2-3-7-12(11)15(21)20-13-8-4-5-9-14(13)22-10-16(17,18)19/h2-9H,10H2,1H3,(H,20,21). The molecule has 22 heavy (non-hydrogen) atoms. The molecule has 1 N–H and O–H groups in total. The highest BCUT2D eigenvalue weighted by Crippen LogP contribution is 2.27. The molecule has 1 amide bonds. The lowest BCUT2D eigenvalue weighted by atomic mass is 10.1. The average Bonchev–Trinajstić information content (AvgIpc) is 2.46. The van der Waals surface area contributed by atoms with Gasteiger partial charge < -0.3 is 10.1 Å². The second kappa shape index (κ2) is 6.51. The third kappa shape index (κ3) is 4.25. The van der Waals surface area contributed by atoms with Gasteiger partial charge in [0.1, 0.15) is 5.75 Å². The largest absolute Gasteiger partial charge is 0.482 e. The van der Waals surface area contributed by atoms with Gasteiger partial charge in [-0.2, -0.15) is 13.2 Å². The van der Waals surface area contributed by atoms with E-state index in [0.717, 1.165) is 5.56 Å². The quantitative estimate of drug-likeness (QED) is 0.919. The molecule has 6 heteroatoms. The summed E-state index contributed by atoms with van der Waals surface area (Å²) in [7, 11) is 0. The zero-order valence-electron chi connectivity index (χ0n) is 11.8. The fourth-order valence-corrected chi connectivity index (χ4v) is 1.87. The molecule has 0 saturated heterocycles. The molecular formula is C16H14F3NO2. The van der Waals surface area contributed by atoms with E-state index in [9.17, 15) is 18.0 Å². The van der Waals surface area contributed by atoms with E-state index in [2.05, 4.69) is 5.32 Å². The third-order valence-electron chi connectivity index (χ3n) is 2.92. The first-order valence-corrected chi connectivity index (χ1v) is 6.52. The molecule has 0 aliphatic carbocycles. The average molecular weight is 309 g/mol. The van der Waals surface area contributed by atoms with E-state index < -0.39 is 18.7 Å². The summed E-state index contributed by atoms with van der Waals surface area (Å²) in [6.45, 7) is 0.366. The number of aryl methyl sites for hydroxylation is 1. The lowest BCUT2D eigenvalue weighted by Crippen LogP contribution is -2.20. The van der Waals surface area contributed by atoms with Gasteiger partial charge in [0.15, 0.2) is 6.61 Å². The Bertz CT molecular complexity index is 668. The lowest BCUT2D eigenvalue weighted by molar-refractivity contribution is -0.153. The topological polar surface area (TPSA) is 38.3 Å². The van der Waals surface area contributed by atoms with Crippen molar-refractivity contribution in [2.75, 3.05) is 11.9 Å². The molecule has 0 unspecified atom stereocenters. The summed E-state index contributed by atoms with van der Waals surface area (Å²) in [5.41, 5.74) is 1.42. The summed E-state index contributed by atoms with van der Waals surface area (Å²) in [6.07, 6.45) is -4.44. The minimum Gasteiger partial charge on any atom is -0.482 e. The summed E-state index contributed by atoms with van der Waals surface area (Å²) in [6, 6.07) is 12.9. The zero-order chi connectivity index (χ0) is 16.2. The first kappa shape index (κ1) is 15.9. The van der Waals surface area contributed by atoms with Crippen molar-refractivity contribution < 1.29 is 22.7 Å². The zero-order valence-corrected chi connectivity index (χ0v) is 11.8. The maximum atomic E-state index is 12.2. The molecule has 0 aliphatic heterocycles. The smallest absolute Gasteiger partial charge is 0.422 e. The van der Waals surface area contributed by atoms with Crippen molar-refractivity contribution in [1.29, 1.82) is 0 Å². The van der Waals surface area contributed by atoms with Crippen molar-refractivity contribution in [1.82, 2.24) is 0 Å². The van der Waals surface area contributed by atoms with Crippen LogP contribution in [0.2, 0.25) is 0 Å². The van der Waals surface area contributed by atoms with Crippen LogP contribution >= 0.6 is 0 Å². The number of amides is 1. The van der Waals surface area contributed by atoms with Gasteiger partial charge in [0.2, 0.25) is 0 Å². The van der Waals surface area contributed by atoms with E-state index in [1.165, 1.54) is 18.2 Å². The van der Waals surface area contributed by atoms with Crippen LogP contribution in [0.3, 0.4) is 0 Å². The van der Waals surface area contributed by atoms with Crippen LogP contribution in [0.1, 0.15) is 15.9 Å². The lowest BCUT2D eigenvalue weighted by Gasteiger charge is -2.14. The van der Waals surface area contributed by atoms with Gasteiger partial charge in [0, 0.05) is 5.56 Å². The Morgan fingerprint density at radius 1 is 1.09 bits per heavy atom. The molecule has 3 nitrogen and oxygen atoms in total. The number of halogens is 3. The molecule has 0 bridgehead atoms. The van der Waals surface area contributed by atoms with Crippen LogP contribution < -0.4 is 10.1 Å². The third-order valence-corrected chi connectivity index (χ3v) is 2.92. The number of benzene rings is 2. The minimum absolute atomic E-state index is 0.0261. The van der Waals surface area contributed by atoms with Crippen LogP contribution in [0.5, 0.6) is 5.75 Å². The summed E-state index contributed by atoms with van der Waals surface area (Å²) < 4.78 is 41.5. The van der Waals surface area contributed by atoms with Gasteiger partial charge in [-0.25, -0.2) is 0 Å². The van der Waals surface area contributed by atoms with Gasteiger partial charge in [-0.1, -0.05) is 30.3 Å². The van der Waals surface area contributed by atoms with E-state index in [1.54, 1.807) is 37.3 Å². The van der Waals surface area contributed by atoms with Gasteiger partial charge >= 0.3 is 6.18 Å². The number of ether oxygens (including phenoxy) is 1. The Hall–Kier alpha value is -2.50. The summed E-state index contributed by atoms with van der Waals surface area (Å²) >= 11 is 0. The number of nitrogens with one attached hydrogen (secondary N) is 1. The SMILES string of the molecule is Cc1ccccc1C(=O)Nc1ccccc1OCC(F)(F)F. The Kier molecular flexibility index (Phi) is 4.70. The van der Waals surface area contributed by atoms with Crippen LogP contribution in [0.15, 0.2) is 48.5 Å². The molecule has 116 valence electrons. The molecule has 0 radical (unpaired) electrons. The van der Waals surface area contributed by atoms with Crippen LogP contribution in [0, 0.1) is 6.92 Å². The number of hydrogen-bond acceptors (Lipinski definition) is 2. The first-order valence-electron chi connectivity index (χ1n) is 6.52. The maximum absolute atomic E-state index is 12.2. The summed E-state index contributed by atoms with van der Waals surface area (Å²) in [4.78, 5) is 12.2. The Morgan fingerprint density at radius 2 is 1.73 bits per heavy atom. The summed E-state index contributed by atoms with van der Waals surface area (Å²) in [5, 5.41) is 2.57. The number of anilines is 1. The van der Waals surface area contributed by atoms with E-state index in [-0.39, 0.29) is 11.4 Å². The number of para-hydroxylation sites is 2. The highest BCUT2D eigenvalue weighted by molar-refractivity contribution is 6.05. The molecular weight excluding hydrogens is 295 g/mol. The molecule has 0 aliphatic rings. The Labute approximate surface area is 125 Å². The van der Waals surface area contributed by atoms with E-state index in [0.29, 0.717) is 5.56 Å². The van der Waals surface area contributed by atoms with Gasteiger partial charge in [-0.15, -0.1) is 0 Å². The van der Waals surface area contributed by atoms with Crippen molar-refractivity contribution in [2.24, 2.45) is 0 Å².